The molecule has 0 aliphatic heterocycles. The summed E-state index contributed by atoms with van der Waals surface area (Å²) in [5.74, 6) is 1.26. The Labute approximate surface area is 184 Å². The van der Waals surface area contributed by atoms with E-state index in [1.165, 1.54) is 0 Å². The van der Waals surface area contributed by atoms with Crippen molar-refractivity contribution in [3.05, 3.63) is 85.8 Å². The first-order valence-electron chi connectivity index (χ1n) is 8.38. The molecule has 0 heterocycles. The van der Waals surface area contributed by atoms with Crippen molar-refractivity contribution in [2.24, 2.45) is 0 Å². The van der Waals surface area contributed by atoms with Gasteiger partial charge in [0.25, 0.3) is 0 Å². The molecule has 0 radical (unpaired) electrons. The largest absolute Gasteiger partial charge is 0.493 e. The van der Waals surface area contributed by atoms with Gasteiger partial charge in [-0.1, -0.05) is 58.5 Å². The van der Waals surface area contributed by atoms with E-state index in [4.69, 9.17) is 55.9 Å². The van der Waals surface area contributed by atoms with Gasteiger partial charge in [-0.05, 0) is 48.0 Å². The lowest BCUT2D eigenvalue weighted by Gasteiger charge is -2.14. The lowest BCUT2D eigenvalue weighted by Crippen LogP contribution is -2.02. The van der Waals surface area contributed by atoms with E-state index < -0.39 is 0 Å². The minimum Gasteiger partial charge on any atom is -0.493 e. The predicted octanol–water partition coefficient (Wildman–Crippen LogP) is 7.50. The van der Waals surface area contributed by atoms with Crippen LogP contribution in [-0.4, -0.2) is 7.11 Å². The molecule has 0 aliphatic carbocycles. The first-order valence-corrected chi connectivity index (χ1v) is 9.89. The summed E-state index contributed by atoms with van der Waals surface area (Å²) in [7, 11) is 1.60. The van der Waals surface area contributed by atoms with Crippen molar-refractivity contribution in [3.63, 3.8) is 0 Å². The summed E-state index contributed by atoms with van der Waals surface area (Å²) in [5, 5.41) is 5.60. The van der Waals surface area contributed by atoms with E-state index in [0.29, 0.717) is 44.7 Å². The van der Waals surface area contributed by atoms with Crippen LogP contribution < -0.4 is 14.8 Å². The molecular formula is C21H17Cl4NO2. The Morgan fingerprint density at radius 2 is 1.54 bits per heavy atom. The van der Waals surface area contributed by atoms with Crippen molar-refractivity contribution in [1.29, 1.82) is 0 Å². The highest BCUT2D eigenvalue weighted by molar-refractivity contribution is 6.35. The molecule has 3 aromatic carbocycles. The number of methoxy groups -OCH3 is 1. The molecule has 1 N–H and O–H groups in total. The SMILES string of the molecule is COc1cc(CNc2cc(Cl)cc(Cl)c2)ccc1OCc1ccc(Cl)cc1Cl. The summed E-state index contributed by atoms with van der Waals surface area (Å²) < 4.78 is 11.3. The smallest absolute Gasteiger partial charge is 0.161 e. The zero-order chi connectivity index (χ0) is 20.1. The van der Waals surface area contributed by atoms with E-state index in [1.807, 2.05) is 36.4 Å². The highest BCUT2D eigenvalue weighted by atomic mass is 35.5. The van der Waals surface area contributed by atoms with Gasteiger partial charge >= 0.3 is 0 Å². The second-order valence-corrected chi connectivity index (χ2v) is 7.74. The molecule has 0 unspecified atom stereocenters. The third kappa shape index (κ3) is 5.62. The van der Waals surface area contributed by atoms with E-state index in [0.717, 1.165) is 16.8 Å². The van der Waals surface area contributed by atoms with Crippen LogP contribution in [0.15, 0.2) is 54.6 Å². The van der Waals surface area contributed by atoms with Crippen LogP contribution in [0.5, 0.6) is 11.5 Å². The lowest BCUT2D eigenvalue weighted by molar-refractivity contribution is 0.284. The maximum Gasteiger partial charge on any atom is 0.161 e. The van der Waals surface area contributed by atoms with Crippen LogP contribution >= 0.6 is 46.4 Å². The third-order valence-electron chi connectivity index (χ3n) is 3.99. The van der Waals surface area contributed by atoms with Gasteiger partial charge in [0.15, 0.2) is 11.5 Å². The Balaban J connectivity index is 1.67. The minimum absolute atomic E-state index is 0.310. The second-order valence-electron chi connectivity index (χ2n) is 6.02. The van der Waals surface area contributed by atoms with Crippen LogP contribution in [0.2, 0.25) is 20.1 Å². The molecule has 0 bridgehead atoms. The first-order chi connectivity index (χ1) is 13.4. The molecule has 3 aromatic rings. The van der Waals surface area contributed by atoms with Crippen molar-refractivity contribution in [2.75, 3.05) is 12.4 Å². The van der Waals surface area contributed by atoms with Gasteiger partial charge in [-0.3, -0.25) is 0 Å². The van der Waals surface area contributed by atoms with Crippen LogP contribution in [0.25, 0.3) is 0 Å². The summed E-state index contributed by atoms with van der Waals surface area (Å²) >= 11 is 24.2. The Hall–Kier alpha value is -1.78. The summed E-state index contributed by atoms with van der Waals surface area (Å²) in [5.41, 5.74) is 2.70. The topological polar surface area (TPSA) is 30.5 Å². The summed E-state index contributed by atoms with van der Waals surface area (Å²) in [6.07, 6.45) is 0. The molecule has 0 saturated carbocycles. The van der Waals surface area contributed by atoms with E-state index in [1.54, 1.807) is 25.3 Å². The van der Waals surface area contributed by atoms with Crippen molar-refractivity contribution in [1.82, 2.24) is 0 Å². The standard InChI is InChI=1S/C21H17Cl4NO2/c1-27-21-6-13(11-26-18-8-16(23)7-17(24)9-18)2-5-20(21)28-12-14-3-4-15(22)10-19(14)25/h2-10,26H,11-12H2,1H3. The molecule has 3 rings (SSSR count). The van der Waals surface area contributed by atoms with E-state index in [2.05, 4.69) is 5.32 Å². The van der Waals surface area contributed by atoms with Gasteiger partial charge in [0, 0.05) is 37.9 Å². The van der Waals surface area contributed by atoms with Crippen molar-refractivity contribution in [3.8, 4) is 11.5 Å². The van der Waals surface area contributed by atoms with Gasteiger partial charge in [0.2, 0.25) is 0 Å². The van der Waals surface area contributed by atoms with E-state index in [9.17, 15) is 0 Å². The van der Waals surface area contributed by atoms with Crippen molar-refractivity contribution in [2.45, 2.75) is 13.2 Å². The van der Waals surface area contributed by atoms with Gasteiger partial charge in [-0.25, -0.2) is 0 Å². The van der Waals surface area contributed by atoms with Crippen LogP contribution in [0, 0.1) is 0 Å². The predicted molar refractivity (Wildman–Crippen MR) is 118 cm³/mol. The highest BCUT2D eigenvalue weighted by Crippen LogP contribution is 2.31. The number of benzene rings is 3. The van der Waals surface area contributed by atoms with Gasteiger partial charge in [0.1, 0.15) is 6.61 Å². The normalized spacial score (nSPS) is 10.6. The van der Waals surface area contributed by atoms with Crippen LogP contribution in [-0.2, 0) is 13.2 Å². The number of hydrogen-bond acceptors (Lipinski definition) is 3. The van der Waals surface area contributed by atoms with Gasteiger partial charge in [-0.15, -0.1) is 0 Å². The molecule has 3 nitrogen and oxygen atoms in total. The fraction of sp³-hybridized carbons (Fsp3) is 0.143. The molecule has 28 heavy (non-hydrogen) atoms. The number of nitrogens with one attached hydrogen (secondary N) is 1. The van der Waals surface area contributed by atoms with Gasteiger partial charge in [0.05, 0.1) is 7.11 Å². The summed E-state index contributed by atoms with van der Waals surface area (Å²) in [6, 6.07) is 16.4. The average Bonchev–Trinajstić information content (AvgIpc) is 2.65. The van der Waals surface area contributed by atoms with Crippen LogP contribution in [0.4, 0.5) is 5.69 Å². The molecule has 7 heteroatoms. The minimum atomic E-state index is 0.310. The Bertz CT molecular complexity index is 958. The van der Waals surface area contributed by atoms with Crippen molar-refractivity contribution >= 4 is 52.1 Å². The average molecular weight is 457 g/mol. The monoisotopic (exact) mass is 455 g/mol. The molecule has 0 atom stereocenters. The number of rotatable bonds is 7. The fourth-order valence-corrected chi connectivity index (χ4v) is 3.58. The molecule has 0 amide bonds. The zero-order valence-electron chi connectivity index (χ0n) is 14.9. The van der Waals surface area contributed by atoms with Gasteiger partial charge < -0.3 is 14.8 Å². The number of halogens is 4. The molecule has 0 aromatic heterocycles. The highest BCUT2D eigenvalue weighted by Gasteiger charge is 2.09. The number of ether oxygens (including phenoxy) is 2. The first kappa shape index (κ1) is 20.9. The lowest BCUT2D eigenvalue weighted by atomic mass is 10.2. The maximum atomic E-state index is 6.19. The molecule has 0 spiro atoms. The van der Waals surface area contributed by atoms with Crippen LogP contribution in [0.1, 0.15) is 11.1 Å². The molecule has 0 aliphatic rings. The quantitative estimate of drug-likeness (QED) is 0.399. The Morgan fingerprint density at radius 1 is 0.786 bits per heavy atom. The summed E-state index contributed by atoms with van der Waals surface area (Å²) in [6.45, 7) is 0.890. The fourth-order valence-electron chi connectivity index (χ4n) is 2.60. The number of anilines is 1. The maximum absolute atomic E-state index is 6.19. The third-order valence-corrected chi connectivity index (χ3v) is 5.01. The van der Waals surface area contributed by atoms with Crippen LogP contribution in [0.3, 0.4) is 0 Å². The Kier molecular flexibility index (Phi) is 7.19. The zero-order valence-corrected chi connectivity index (χ0v) is 18.0. The second kappa shape index (κ2) is 9.62. The number of hydrogen-bond donors (Lipinski definition) is 1. The van der Waals surface area contributed by atoms with E-state index in [-0.39, 0.29) is 0 Å². The van der Waals surface area contributed by atoms with Gasteiger partial charge in [-0.2, -0.15) is 0 Å². The Morgan fingerprint density at radius 3 is 2.21 bits per heavy atom. The molecule has 0 fully saturated rings. The summed E-state index contributed by atoms with van der Waals surface area (Å²) in [4.78, 5) is 0. The molecule has 0 saturated heterocycles. The molecule has 146 valence electrons. The van der Waals surface area contributed by atoms with Crippen molar-refractivity contribution < 1.29 is 9.47 Å². The van der Waals surface area contributed by atoms with E-state index >= 15 is 0 Å². The molecular weight excluding hydrogens is 440 g/mol.